The number of urea groups is 1. The van der Waals surface area contributed by atoms with E-state index in [1.807, 2.05) is 5.32 Å². The molecule has 0 aliphatic carbocycles. The van der Waals surface area contributed by atoms with Crippen molar-refractivity contribution >= 4 is 29.1 Å². The number of rotatable bonds is 2. The number of Topliss-reactive ketones (excluding diaryl/α,β-unsaturated/α-hetero) is 1. The number of fused-ring (bicyclic) bond motifs is 1. The Morgan fingerprint density at radius 3 is 2.48 bits per heavy atom. The van der Waals surface area contributed by atoms with Crippen LogP contribution in [0.5, 0.6) is 0 Å². The van der Waals surface area contributed by atoms with Crippen molar-refractivity contribution < 1.29 is 31.9 Å². The highest BCUT2D eigenvalue weighted by atomic mass is 19.2. The molecule has 1 atom stereocenters. The van der Waals surface area contributed by atoms with Gasteiger partial charge in [-0.05, 0) is 11.6 Å². The van der Waals surface area contributed by atoms with Gasteiger partial charge >= 0.3 is 6.03 Å². The molecule has 0 saturated carbocycles. The van der Waals surface area contributed by atoms with E-state index in [-0.39, 0.29) is 12.5 Å². The predicted octanol–water partition coefficient (Wildman–Crippen LogP) is 3.02. The lowest BCUT2D eigenvalue weighted by molar-refractivity contribution is -0.134. The number of ketones is 1. The fourth-order valence-corrected chi connectivity index (χ4v) is 2.60. The van der Waals surface area contributed by atoms with Crippen LogP contribution in [0.25, 0.3) is 0 Å². The molecule has 140 valence electrons. The zero-order chi connectivity index (χ0) is 19.7. The molecule has 1 aliphatic rings. The molecule has 1 aliphatic heterocycles. The predicted molar refractivity (Wildman–Crippen MR) is 85.9 cm³/mol. The number of amides is 3. The van der Waals surface area contributed by atoms with E-state index < -0.39 is 52.7 Å². The second-order valence-electron chi connectivity index (χ2n) is 5.67. The minimum absolute atomic E-state index is 0.282. The van der Waals surface area contributed by atoms with Crippen LogP contribution in [0.4, 0.5) is 33.7 Å². The van der Waals surface area contributed by atoms with Gasteiger partial charge in [-0.2, -0.15) is 0 Å². The molecular formula is C17H11F4N3O3. The molecule has 0 saturated heterocycles. The number of nitrogens with one attached hydrogen (secondary N) is 3. The Morgan fingerprint density at radius 2 is 1.74 bits per heavy atom. The van der Waals surface area contributed by atoms with Crippen LogP contribution in [0, 0.1) is 23.3 Å². The highest BCUT2D eigenvalue weighted by Gasteiger charge is 2.29. The van der Waals surface area contributed by atoms with Gasteiger partial charge in [-0.25, -0.2) is 22.4 Å². The smallest absolute Gasteiger partial charge is 0.319 e. The summed E-state index contributed by atoms with van der Waals surface area (Å²) in [7, 11) is 0. The summed E-state index contributed by atoms with van der Waals surface area (Å²) in [4.78, 5) is 35.6. The van der Waals surface area contributed by atoms with Crippen LogP contribution in [0.3, 0.4) is 0 Å². The third-order valence-electron chi connectivity index (χ3n) is 3.88. The molecule has 0 radical (unpaired) electrons. The van der Waals surface area contributed by atoms with Gasteiger partial charge in [-0.1, -0.05) is 18.2 Å². The Bertz CT molecular complexity index is 965. The molecule has 0 bridgehead atoms. The average Bonchev–Trinajstić information content (AvgIpc) is 2.75. The molecule has 0 aromatic heterocycles. The van der Waals surface area contributed by atoms with Crippen LogP contribution in [0.15, 0.2) is 30.3 Å². The van der Waals surface area contributed by atoms with Gasteiger partial charge in [0.25, 0.3) is 5.91 Å². The van der Waals surface area contributed by atoms with Crippen LogP contribution < -0.4 is 16.0 Å². The van der Waals surface area contributed by atoms with Crippen molar-refractivity contribution in [3.8, 4) is 0 Å². The Morgan fingerprint density at radius 1 is 1.04 bits per heavy atom. The number of anilines is 2. The molecular weight excluding hydrogens is 370 g/mol. The first-order chi connectivity index (χ1) is 12.8. The van der Waals surface area contributed by atoms with Gasteiger partial charge in [-0.15, -0.1) is 0 Å². The van der Waals surface area contributed by atoms with Crippen molar-refractivity contribution in [2.75, 3.05) is 10.6 Å². The zero-order valence-corrected chi connectivity index (χ0v) is 13.4. The lowest BCUT2D eigenvalue weighted by atomic mass is 10.0. The number of hydrogen-bond acceptors (Lipinski definition) is 3. The topological polar surface area (TPSA) is 87.3 Å². The zero-order valence-electron chi connectivity index (χ0n) is 13.4. The van der Waals surface area contributed by atoms with Gasteiger partial charge in [0.2, 0.25) is 5.78 Å². The molecule has 0 spiro atoms. The molecule has 10 heteroatoms. The maximum Gasteiger partial charge on any atom is 0.319 e. The maximum absolute atomic E-state index is 13.7. The van der Waals surface area contributed by atoms with Gasteiger partial charge in [0.1, 0.15) is 0 Å². The summed E-state index contributed by atoms with van der Waals surface area (Å²) in [6.45, 7) is 0. The number of para-hydroxylation sites is 1. The Balaban J connectivity index is 1.84. The summed E-state index contributed by atoms with van der Waals surface area (Å²) >= 11 is 0. The molecule has 3 rings (SSSR count). The van der Waals surface area contributed by atoms with E-state index in [2.05, 4.69) is 10.6 Å². The molecule has 1 heterocycles. The van der Waals surface area contributed by atoms with Crippen LogP contribution in [-0.4, -0.2) is 17.7 Å². The van der Waals surface area contributed by atoms with Crippen molar-refractivity contribution in [1.82, 2.24) is 5.32 Å². The molecule has 1 unspecified atom stereocenters. The van der Waals surface area contributed by atoms with E-state index in [1.165, 1.54) is 6.07 Å². The van der Waals surface area contributed by atoms with E-state index in [0.29, 0.717) is 11.3 Å². The minimum atomic E-state index is -2.07. The van der Waals surface area contributed by atoms with E-state index in [4.69, 9.17) is 0 Å². The highest BCUT2D eigenvalue weighted by Crippen LogP contribution is 2.29. The van der Waals surface area contributed by atoms with E-state index >= 15 is 0 Å². The van der Waals surface area contributed by atoms with E-state index in [1.54, 1.807) is 18.2 Å². The first-order valence-corrected chi connectivity index (χ1v) is 7.61. The highest BCUT2D eigenvalue weighted by molar-refractivity contribution is 6.41. The number of carbonyl (C=O) groups is 3. The largest absolute Gasteiger partial charge is 0.331 e. The molecule has 3 N–H and O–H groups in total. The second-order valence-corrected chi connectivity index (χ2v) is 5.67. The molecule has 2 aromatic carbocycles. The van der Waals surface area contributed by atoms with Gasteiger partial charge in [-0.3, -0.25) is 9.59 Å². The molecule has 0 fully saturated rings. The molecule has 3 amide bonds. The minimum Gasteiger partial charge on any atom is -0.331 e. The van der Waals surface area contributed by atoms with Crippen molar-refractivity contribution in [3.63, 3.8) is 0 Å². The summed E-state index contributed by atoms with van der Waals surface area (Å²) in [5.41, 5.74) is -0.223. The fourth-order valence-electron chi connectivity index (χ4n) is 2.60. The first-order valence-electron chi connectivity index (χ1n) is 7.61. The lowest BCUT2D eigenvalue weighted by Gasteiger charge is -2.18. The average molecular weight is 381 g/mol. The van der Waals surface area contributed by atoms with Crippen LogP contribution >= 0.6 is 0 Å². The fraction of sp³-hybridized carbons (Fsp3) is 0.118. The third kappa shape index (κ3) is 3.59. The van der Waals surface area contributed by atoms with Gasteiger partial charge in [0.05, 0.1) is 11.7 Å². The number of carbonyl (C=O) groups excluding carboxylic acids is 3. The summed E-state index contributed by atoms with van der Waals surface area (Å²) in [6, 6.07) is 4.49. The molecule has 6 nitrogen and oxygen atoms in total. The quantitative estimate of drug-likeness (QED) is 0.323. The third-order valence-corrected chi connectivity index (χ3v) is 3.88. The van der Waals surface area contributed by atoms with Gasteiger partial charge in [0, 0.05) is 18.2 Å². The molecule has 27 heavy (non-hydrogen) atoms. The van der Waals surface area contributed by atoms with Crippen LogP contribution in [-0.2, 0) is 9.59 Å². The van der Waals surface area contributed by atoms with Crippen LogP contribution in [0.1, 0.15) is 18.0 Å². The summed E-state index contributed by atoms with van der Waals surface area (Å²) < 4.78 is 53.1. The SMILES string of the molecule is O=C(Nc1cc(F)c(F)c(F)c1F)NC1CC(=O)C(=O)Nc2ccccc21. The summed E-state index contributed by atoms with van der Waals surface area (Å²) in [5.74, 6) is -9.21. The van der Waals surface area contributed by atoms with E-state index in [0.717, 1.165) is 0 Å². The van der Waals surface area contributed by atoms with Gasteiger partial charge < -0.3 is 16.0 Å². The number of halogens is 4. The second kappa shape index (κ2) is 7.06. The summed E-state index contributed by atoms with van der Waals surface area (Å²) in [5, 5.41) is 6.58. The molecule has 2 aromatic rings. The lowest BCUT2D eigenvalue weighted by Crippen LogP contribution is -2.34. The number of benzene rings is 2. The van der Waals surface area contributed by atoms with Crippen molar-refractivity contribution in [2.45, 2.75) is 12.5 Å². The Labute approximate surface area is 149 Å². The standard InChI is InChI=1S/C17H11F4N3O3/c18-8-5-11(14(20)15(21)13(8)19)24-17(27)23-10-6-12(25)16(26)22-9-4-2-1-3-7(9)10/h1-5,10H,6H2,(H,22,26)(H2,23,24,27). The van der Waals surface area contributed by atoms with Crippen molar-refractivity contribution in [3.05, 3.63) is 59.2 Å². The first kappa shape index (κ1) is 18.4. The Kier molecular flexibility index (Phi) is 4.80. The van der Waals surface area contributed by atoms with E-state index in [9.17, 15) is 31.9 Å². The normalized spacial score (nSPS) is 16.2. The summed E-state index contributed by atoms with van der Waals surface area (Å²) in [6.07, 6.45) is -0.384. The van der Waals surface area contributed by atoms with Crippen LogP contribution in [0.2, 0.25) is 0 Å². The maximum atomic E-state index is 13.7. The van der Waals surface area contributed by atoms with Crippen molar-refractivity contribution in [1.29, 1.82) is 0 Å². The monoisotopic (exact) mass is 381 g/mol. The number of hydrogen-bond donors (Lipinski definition) is 3. The van der Waals surface area contributed by atoms with Gasteiger partial charge in [0.15, 0.2) is 23.3 Å². The Hall–Kier alpha value is -3.43. The van der Waals surface area contributed by atoms with Crippen molar-refractivity contribution in [2.24, 2.45) is 0 Å².